The van der Waals surface area contributed by atoms with Crippen molar-refractivity contribution in [1.29, 1.82) is 0 Å². The fourth-order valence-electron chi connectivity index (χ4n) is 2.41. The van der Waals surface area contributed by atoms with Gasteiger partial charge >= 0.3 is 0 Å². The van der Waals surface area contributed by atoms with Crippen LogP contribution in [0.1, 0.15) is 36.1 Å². The van der Waals surface area contributed by atoms with Crippen LogP contribution in [-0.2, 0) is 0 Å². The van der Waals surface area contributed by atoms with Gasteiger partial charge in [0.2, 0.25) is 0 Å². The van der Waals surface area contributed by atoms with Crippen molar-refractivity contribution in [3.63, 3.8) is 0 Å². The molecule has 3 nitrogen and oxygen atoms in total. The molecule has 0 radical (unpaired) electrons. The second-order valence-electron chi connectivity index (χ2n) is 5.01. The maximum absolute atomic E-state index is 6.18. The number of nitrogens with one attached hydrogen (secondary N) is 1. The summed E-state index contributed by atoms with van der Waals surface area (Å²) in [6.45, 7) is 5.14. The van der Waals surface area contributed by atoms with E-state index in [0.29, 0.717) is 5.02 Å². The molecular weight excluding hydrogens is 284 g/mol. The first kappa shape index (κ1) is 15.8. The number of aryl methyl sites for hydroxylation is 1. The van der Waals surface area contributed by atoms with E-state index < -0.39 is 0 Å². The monoisotopic (exact) mass is 304 g/mol. The molecule has 2 aromatic rings. The highest BCUT2D eigenvalue weighted by atomic mass is 35.5. The van der Waals surface area contributed by atoms with Crippen LogP contribution in [0.15, 0.2) is 36.7 Å². The third kappa shape index (κ3) is 3.74. The molecule has 0 fully saturated rings. The van der Waals surface area contributed by atoms with E-state index in [4.69, 9.17) is 16.3 Å². The lowest BCUT2D eigenvalue weighted by Crippen LogP contribution is -2.24. The molecule has 1 unspecified atom stereocenters. The van der Waals surface area contributed by atoms with Crippen molar-refractivity contribution in [3.05, 3.63) is 58.4 Å². The maximum Gasteiger partial charge on any atom is 0.124 e. The maximum atomic E-state index is 6.18. The standard InChI is InChI=1S/C17H21ClN2O/c1-4-8-20-17(14-7-9-19-11-12(14)2)15-10-13(18)5-6-16(15)21-3/h5-7,9-11,17,20H,4,8H2,1-3H3. The molecule has 1 aromatic carbocycles. The highest BCUT2D eigenvalue weighted by Crippen LogP contribution is 2.33. The molecule has 0 aliphatic carbocycles. The molecule has 0 aliphatic heterocycles. The van der Waals surface area contributed by atoms with Crippen LogP contribution in [0, 0.1) is 6.92 Å². The van der Waals surface area contributed by atoms with Crippen molar-refractivity contribution in [2.75, 3.05) is 13.7 Å². The molecular formula is C17H21ClN2O. The third-order valence-corrected chi connectivity index (χ3v) is 3.71. The summed E-state index contributed by atoms with van der Waals surface area (Å²) in [7, 11) is 1.68. The number of hydrogen-bond donors (Lipinski definition) is 1. The first-order chi connectivity index (χ1) is 10.2. The average molecular weight is 305 g/mol. The Morgan fingerprint density at radius 1 is 1.29 bits per heavy atom. The summed E-state index contributed by atoms with van der Waals surface area (Å²) >= 11 is 6.18. The Bertz CT molecular complexity index is 601. The fraction of sp³-hybridized carbons (Fsp3) is 0.353. The van der Waals surface area contributed by atoms with Crippen LogP contribution in [0.3, 0.4) is 0 Å². The van der Waals surface area contributed by atoms with Crippen molar-refractivity contribution in [1.82, 2.24) is 10.3 Å². The number of pyridine rings is 1. The minimum absolute atomic E-state index is 0.0431. The zero-order valence-corrected chi connectivity index (χ0v) is 13.4. The van der Waals surface area contributed by atoms with Crippen molar-refractivity contribution in [2.45, 2.75) is 26.3 Å². The molecule has 1 atom stereocenters. The number of rotatable bonds is 6. The molecule has 0 bridgehead atoms. The average Bonchev–Trinajstić information content (AvgIpc) is 2.49. The van der Waals surface area contributed by atoms with Crippen molar-refractivity contribution in [2.24, 2.45) is 0 Å². The van der Waals surface area contributed by atoms with Gasteiger partial charge in [-0.3, -0.25) is 4.98 Å². The first-order valence-corrected chi connectivity index (χ1v) is 7.52. The lowest BCUT2D eigenvalue weighted by atomic mass is 9.95. The highest BCUT2D eigenvalue weighted by molar-refractivity contribution is 6.30. The Labute approximate surface area is 131 Å². The number of nitrogens with zero attached hydrogens (tertiary/aromatic N) is 1. The van der Waals surface area contributed by atoms with Crippen molar-refractivity contribution in [3.8, 4) is 5.75 Å². The van der Waals surface area contributed by atoms with Gasteiger partial charge < -0.3 is 10.1 Å². The van der Waals surface area contributed by atoms with E-state index in [1.54, 1.807) is 7.11 Å². The second kappa shape index (κ2) is 7.43. The topological polar surface area (TPSA) is 34.2 Å². The van der Waals surface area contributed by atoms with Crippen molar-refractivity contribution < 1.29 is 4.74 Å². The van der Waals surface area contributed by atoms with Crippen molar-refractivity contribution >= 4 is 11.6 Å². The summed E-state index contributed by atoms with van der Waals surface area (Å²) in [6, 6.07) is 7.81. The number of hydrogen-bond acceptors (Lipinski definition) is 3. The largest absolute Gasteiger partial charge is 0.496 e. The van der Waals surface area contributed by atoms with Crippen LogP contribution in [0.2, 0.25) is 5.02 Å². The predicted octanol–water partition coefficient (Wildman–Crippen LogP) is 4.14. The molecule has 4 heteroatoms. The van der Waals surface area contributed by atoms with Crippen LogP contribution in [0.5, 0.6) is 5.75 Å². The van der Waals surface area contributed by atoms with E-state index in [1.807, 2.05) is 36.7 Å². The third-order valence-electron chi connectivity index (χ3n) is 3.48. The molecule has 0 saturated carbocycles. The molecule has 0 spiro atoms. The van der Waals surface area contributed by atoms with Gasteiger partial charge in [-0.15, -0.1) is 0 Å². The van der Waals surface area contributed by atoms with Crippen LogP contribution in [-0.4, -0.2) is 18.6 Å². The quantitative estimate of drug-likeness (QED) is 0.871. The summed E-state index contributed by atoms with van der Waals surface area (Å²) < 4.78 is 5.51. The Balaban J connectivity index is 2.50. The van der Waals surface area contributed by atoms with E-state index in [9.17, 15) is 0 Å². The summed E-state index contributed by atoms with van der Waals surface area (Å²) in [5.41, 5.74) is 3.39. The number of ether oxygens (including phenoxy) is 1. The SMILES string of the molecule is CCCNC(c1ccncc1C)c1cc(Cl)ccc1OC. The number of halogens is 1. The molecule has 0 aliphatic rings. The second-order valence-corrected chi connectivity index (χ2v) is 5.44. The first-order valence-electron chi connectivity index (χ1n) is 7.14. The van der Waals surface area contributed by atoms with Gasteiger partial charge in [-0.05, 0) is 55.3 Å². The Kier molecular flexibility index (Phi) is 5.59. The lowest BCUT2D eigenvalue weighted by Gasteiger charge is -2.23. The Hall–Kier alpha value is -1.58. The number of benzene rings is 1. The van der Waals surface area contributed by atoms with Gasteiger partial charge in [0.25, 0.3) is 0 Å². The summed E-state index contributed by atoms with van der Waals surface area (Å²) in [4.78, 5) is 4.18. The number of aromatic nitrogens is 1. The van der Waals surface area contributed by atoms with E-state index in [-0.39, 0.29) is 6.04 Å². The zero-order valence-electron chi connectivity index (χ0n) is 12.7. The highest BCUT2D eigenvalue weighted by Gasteiger charge is 2.19. The molecule has 1 aromatic heterocycles. The van der Waals surface area contributed by atoms with Crippen LogP contribution in [0.25, 0.3) is 0 Å². The normalized spacial score (nSPS) is 12.2. The van der Waals surface area contributed by atoms with Gasteiger partial charge in [-0.1, -0.05) is 18.5 Å². The number of methoxy groups -OCH3 is 1. The van der Waals surface area contributed by atoms with Crippen LogP contribution < -0.4 is 10.1 Å². The Morgan fingerprint density at radius 3 is 2.76 bits per heavy atom. The fourth-order valence-corrected chi connectivity index (χ4v) is 2.60. The van der Waals surface area contributed by atoms with Gasteiger partial charge in [-0.2, -0.15) is 0 Å². The lowest BCUT2D eigenvalue weighted by molar-refractivity contribution is 0.403. The van der Waals surface area contributed by atoms with Gasteiger partial charge in [0.1, 0.15) is 5.75 Å². The molecule has 112 valence electrons. The molecule has 1 N–H and O–H groups in total. The summed E-state index contributed by atoms with van der Waals surface area (Å²) in [5.74, 6) is 0.837. The molecule has 0 amide bonds. The minimum atomic E-state index is 0.0431. The molecule has 2 rings (SSSR count). The predicted molar refractivity (Wildman–Crippen MR) is 87.1 cm³/mol. The molecule has 1 heterocycles. The smallest absolute Gasteiger partial charge is 0.124 e. The van der Waals surface area contributed by atoms with Gasteiger partial charge in [0.05, 0.1) is 13.2 Å². The van der Waals surface area contributed by atoms with Gasteiger partial charge in [0, 0.05) is 23.0 Å². The van der Waals surface area contributed by atoms with Gasteiger partial charge in [0.15, 0.2) is 0 Å². The van der Waals surface area contributed by atoms with Crippen LogP contribution >= 0.6 is 11.6 Å². The minimum Gasteiger partial charge on any atom is -0.496 e. The van der Waals surface area contributed by atoms with E-state index in [0.717, 1.165) is 29.8 Å². The van der Waals surface area contributed by atoms with E-state index >= 15 is 0 Å². The van der Waals surface area contributed by atoms with Crippen LogP contribution in [0.4, 0.5) is 0 Å². The molecule has 0 saturated heterocycles. The van der Waals surface area contributed by atoms with E-state index in [1.165, 1.54) is 5.56 Å². The molecule has 21 heavy (non-hydrogen) atoms. The van der Waals surface area contributed by atoms with E-state index in [2.05, 4.69) is 24.1 Å². The zero-order chi connectivity index (χ0) is 15.2. The summed E-state index contributed by atoms with van der Waals surface area (Å²) in [5, 5.41) is 4.29. The van der Waals surface area contributed by atoms with Gasteiger partial charge in [-0.25, -0.2) is 0 Å². The Morgan fingerprint density at radius 2 is 2.10 bits per heavy atom. The summed E-state index contributed by atoms with van der Waals surface area (Å²) in [6.07, 6.45) is 4.76.